The summed E-state index contributed by atoms with van der Waals surface area (Å²) in [5.41, 5.74) is 0. The molecule has 0 aromatic heterocycles. The molecular weight excluding hydrogens is 222 g/mol. The first-order chi connectivity index (χ1) is 7.73. The van der Waals surface area contributed by atoms with Crippen LogP contribution in [0.4, 0.5) is 4.79 Å². The Morgan fingerprint density at radius 3 is 2.06 bits per heavy atom. The molecule has 0 aliphatic heterocycles. The maximum atomic E-state index is 11.6. The quantitative estimate of drug-likeness (QED) is 0.630. The molecule has 0 rings (SSSR count). The smallest absolute Gasteiger partial charge is 0.326 e. The molecule has 0 radical (unpaired) electrons. The predicted molar refractivity (Wildman–Crippen MR) is 65.9 cm³/mol. The van der Waals surface area contributed by atoms with Crippen LogP contribution in [0.25, 0.3) is 0 Å². The number of amides is 2. The van der Waals surface area contributed by atoms with Crippen LogP contribution < -0.4 is 10.6 Å². The summed E-state index contributed by atoms with van der Waals surface area (Å²) in [6, 6.07) is -1.34. The molecule has 0 spiro atoms. The van der Waals surface area contributed by atoms with Crippen LogP contribution >= 0.6 is 0 Å². The number of carboxylic acid groups (broad SMARTS) is 1. The Morgan fingerprint density at radius 1 is 1.18 bits per heavy atom. The highest BCUT2D eigenvalue weighted by Crippen LogP contribution is 2.01. The average molecular weight is 245 g/mol. The molecule has 2 unspecified atom stereocenters. The number of nitrogens with one attached hydrogen (secondary N) is 2. The third-order valence-electron chi connectivity index (χ3n) is 2.24. The maximum Gasteiger partial charge on any atom is 0.326 e. The van der Waals surface area contributed by atoms with E-state index in [2.05, 4.69) is 10.6 Å². The van der Waals surface area contributed by atoms with Gasteiger partial charge in [0.1, 0.15) is 6.04 Å². The molecule has 3 N–H and O–H groups in total. The molecule has 100 valence electrons. The molecule has 0 fully saturated rings. The summed E-state index contributed by atoms with van der Waals surface area (Å²) < 4.78 is 0. The van der Waals surface area contributed by atoms with Gasteiger partial charge in [-0.3, -0.25) is 0 Å². The number of urea groups is 1. The normalized spacial score (nSPS) is 14.5. The Labute approximate surface area is 102 Å². The van der Waals surface area contributed by atoms with Crippen molar-refractivity contribution in [2.24, 2.45) is 5.92 Å². The topological polar surface area (TPSA) is 81.7 Å². The third kappa shape index (κ3) is 6.78. The largest absolute Gasteiger partial charge is 0.480 e. The van der Waals surface area contributed by atoms with Crippen LogP contribution in [-0.2, 0) is 4.79 Å². The van der Waals surface area contributed by atoms with Crippen molar-refractivity contribution >= 4 is 12.0 Å². The molecule has 17 heavy (non-hydrogen) atoms. The van der Waals surface area contributed by atoms with Crippen molar-refractivity contribution < 1.29 is 14.7 Å². The van der Waals surface area contributed by atoms with Gasteiger partial charge in [-0.1, -0.05) is 13.8 Å². The average Bonchev–Trinajstić information content (AvgIpc) is 2.11. The zero-order valence-electron chi connectivity index (χ0n) is 11.2. The minimum Gasteiger partial charge on any atom is -0.480 e. The lowest BCUT2D eigenvalue weighted by atomic mass is 10.1. The Kier molecular flexibility index (Phi) is 6.57. The highest BCUT2D eigenvalue weighted by atomic mass is 16.4. The van der Waals surface area contributed by atoms with Crippen molar-refractivity contribution in [2.45, 2.75) is 32.9 Å². The third-order valence-corrected chi connectivity index (χ3v) is 2.24. The highest BCUT2D eigenvalue weighted by Gasteiger charge is 2.23. The minimum atomic E-state index is -1.02. The van der Waals surface area contributed by atoms with E-state index in [1.165, 1.54) is 0 Å². The van der Waals surface area contributed by atoms with Crippen LogP contribution in [0.15, 0.2) is 0 Å². The zero-order chi connectivity index (χ0) is 13.6. The van der Waals surface area contributed by atoms with E-state index in [4.69, 9.17) is 5.11 Å². The number of aliphatic carboxylic acids is 1. The van der Waals surface area contributed by atoms with Gasteiger partial charge in [0.15, 0.2) is 0 Å². The van der Waals surface area contributed by atoms with Gasteiger partial charge in [0.2, 0.25) is 0 Å². The standard InChI is InChI=1S/C11H23N3O3/c1-7(2)9(10(15)16)13-11(17)12-8(3)6-14(4)5/h7-9H,6H2,1-5H3,(H,15,16)(H2,12,13,17). The zero-order valence-corrected chi connectivity index (χ0v) is 11.2. The number of hydrogen-bond donors (Lipinski definition) is 3. The second-order valence-corrected chi connectivity index (χ2v) is 4.84. The number of nitrogens with zero attached hydrogens (tertiary/aromatic N) is 1. The van der Waals surface area contributed by atoms with E-state index in [0.29, 0.717) is 6.54 Å². The van der Waals surface area contributed by atoms with Crippen LogP contribution in [0, 0.1) is 5.92 Å². The van der Waals surface area contributed by atoms with Crippen molar-refractivity contribution in [3.05, 3.63) is 0 Å². The second-order valence-electron chi connectivity index (χ2n) is 4.84. The number of likely N-dealkylation sites (N-methyl/N-ethyl adjacent to an activating group) is 1. The molecule has 6 nitrogen and oxygen atoms in total. The van der Waals surface area contributed by atoms with Crippen LogP contribution in [0.5, 0.6) is 0 Å². The second kappa shape index (κ2) is 7.11. The van der Waals surface area contributed by atoms with Crippen LogP contribution in [0.3, 0.4) is 0 Å². The molecule has 0 aliphatic rings. The molecule has 0 aromatic carbocycles. The Morgan fingerprint density at radius 2 is 1.71 bits per heavy atom. The first-order valence-electron chi connectivity index (χ1n) is 5.68. The summed E-state index contributed by atoms with van der Waals surface area (Å²) in [6.45, 7) is 6.07. The molecule has 0 aliphatic carbocycles. The van der Waals surface area contributed by atoms with E-state index in [1.54, 1.807) is 13.8 Å². The fraction of sp³-hybridized carbons (Fsp3) is 0.818. The summed E-state index contributed by atoms with van der Waals surface area (Å²) in [5.74, 6) is -1.17. The van der Waals surface area contributed by atoms with Gasteiger partial charge in [0.25, 0.3) is 0 Å². The van der Waals surface area contributed by atoms with Crippen LogP contribution in [-0.4, -0.2) is 54.7 Å². The molecule has 0 aromatic rings. The maximum absolute atomic E-state index is 11.6. The molecule has 2 amide bonds. The van der Waals surface area contributed by atoms with E-state index < -0.39 is 18.0 Å². The molecule has 2 atom stereocenters. The van der Waals surface area contributed by atoms with Gasteiger partial charge >= 0.3 is 12.0 Å². The molecule has 0 saturated carbocycles. The van der Waals surface area contributed by atoms with Crippen molar-refractivity contribution in [3.8, 4) is 0 Å². The number of carbonyl (C=O) groups excluding carboxylic acids is 1. The Bertz CT molecular complexity index is 267. The van der Waals surface area contributed by atoms with Crippen molar-refractivity contribution in [1.29, 1.82) is 0 Å². The van der Waals surface area contributed by atoms with E-state index in [1.807, 2.05) is 25.9 Å². The summed E-state index contributed by atoms with van der Waals surface area (Å²) in [4.78, 5) is 24.4. The summed E-state index contributed by atoms with van der Waals surface area (Å²) in [5, 5.41) is 14.1. The highest BCUT2D eigenvalue weighted by molar-refractivity contribution is 5.82. The fourth-order valence-corrected chi connectivity index (χ4v) is 1.51. The van der Waals surface area contributed by atoms with Crippen LogP contribution in [0.1, 0.15) is 20.8 Å². The number of hydrogen-bond acceptors (Lipinski definition) is 3. The first kappa shape index (κ1) is 15.7. The minimum absolute atomic E-state index is 0.0355. The lowest BCUT2D eigenvalue weighted by Crippen LogP contribution is -2.51. The van der Waals surface area contributed by atoms with E-state index in [9.17, 15) is 9.59 Å². The lowest BCUT2D eigenvalue weighted by Gasteiger charge is -2.22. The van der Waals surface area contributed by atoms with Crippen molar-refractivity contribution in [1.82, 2.24) is 15.5 Å². The molecular formula is C11H23N3O3. The van der Waals surface area contributed by atoms with Gasteiger partial charge in [-0.05, 0) is 26.9 Å². The number of carbonyl (C=O) groups is 2. The van der Waals surface area contributed by atoms with Crippen molar-refractivity contribution in [2.75, 3.05) is 20.6 Å². The summed E-state index contributed by atoms with van der Waals surface area (Å²) in [6.07, 6.45) is 0. The molecule has 0 heterocycles. The Balaban J connectivity index is 4.19. The molecule has 0 saturated heterocycles. The van der Waals surface area contributed by atoms with Gasteiger partial charge < -0.3 is 20.6 Å². The van der Waals surface area contributed by atoms with E-state index in [0.717, 1.165) is 0 Å². The van der Waals surface area contributed by atoms with Gasteiger partial charge in [-0.15, -0.1) is 0 Å². The Hall–Kier alpha value is -1.30. The van der Waals surface area contributed by atoms with Crippen LogP contribution in [0.2, 0.25) is 0 Å². The van der Waals surface area contributed by atoms with Gasteiger partial charge in [-0.25, -0.2) is 9.59 Å². The lowest BCUT2D eigenvalue weighted by molar-refractivity contribution is -0.140. The summed E-state index contributed by atoms with van der Waals surface area (Å²) in [7, 11) is 3.81. The summed E-state index contributed by atoms with van der Waals surface area (Å²) >= 11 is 0. The molecule has 0 bridgehead atoms. The monoisotopic (exact) mass is 245 g/mol. The fourth-order valence-electron chi connectivity index (χ4n) is 1.51. The van der Waals surface area contributed by atoms with E-state index >= 15 is 0 Å². The number of rotatable bonds is 6. The first-order valence-corrected chi connectivity index (χ1v) is 5.68. The van der Waals surface area contributed by atoms with E-state index in [-0.39, 0.29) is 12.0 Å². The predicted octanol–water partition coefficient (Wildman–Crippen LogP) is 0.345. The van der Waals surface area contributed by atoms with Gasteiger partial charge in [-0.2, -0.15) is 0 Å². The number of carboxylic acids is 1. The molecule has 6 heteroatoms. The SMILES string of the molecule is CC(CN(C)C)NC(=O)NC(C(=O)O)C(C)C. The van der Waals surface area contributed by atoms with Gasteiger partial charge in [0, 0.05) is 12.6 Å². The van der Waals surface area contributed by atoms with Gasteiger partial charge in [0.05, 0.1) is 0 Å². The van der Waals surface area contributed by atoms with Crippen molar-refractivity contribution in [3.63, 3.8) is 0 Å².